The van der Waals surface area contributed by atoms with E-state index in [-0.39, 0.29) is 6.42 Å². The number of anilines is 1. The summed E-state index contributed by atoms with van der Waals surface area (Å²) in [5.41, 5.74) is 2.32. The number of carboxylic acids is 1. The summed E-state index contributed by atoms with van der Waals surface area (Å²) in [7, 11) is 0. The van der Waals surface area contributed by atoms with E-state index in [1.807, 2.05) is 6.07 Å². The van der Waals surface area contributed by atoms with Gasteiger partial charge in [-0.05, 0) is 43.6 Å². The molecule has 1 aliphatic heterocycles. The van der Waals surface area contributed by atoms with Crippen molar-refractivity contribution in [1.29, 1.82) is 0 Å². The first-order valence-electron chi connectivity index (χ1n) is 6.68. The van der Waals surface area contributed by atoms with Crippen LogP contribution >= 0.6 is 0 Å². The maximum atomic E-state index is 10.3. The molecule has 0 atom stereocenters. The normalized spacial score (nSPS) is 13.3. The van der Waals surface area contributed by atoms with E-state index in [1.54, 1.807) is 0 Å². The zero-order valence-corrected chi connectivity index (χ0v) is 10.9. The zero-order valence-electron chi connectivity index (χ0n) is 10.9. The van der Waals surface area contributed by atoms with E-state index < -0.39 is 5.97 Å². The Labute approximate surface area is 113 Å². The van der Waals surface area contributed by atoms with E-state index in [0.717, 1.165) is 44.1 Å². The zero-order chi connectivity index (χ0) is 13.5. The molecule has 3 N–H and O–H groups in total. The molecule has 104 valence electrons. The fraction of sp³-hybridized carbons (Fsp3) is 0.500. The third-order valence-corrected chi connectivity index (χ3v) is 3.05. The number of hydrogen-bond acceptors (Lipinski definition) is 4. The Kier molecular flexibility index (Phi) is 5.03. The lowest BCUT2D eigenvalue weighted by atomic mass is 10.1. The first-order valence-corrected chi connectivity index (χ1v) is 6.68. The molecule has 0 bridgehead atoms. The standard InChI is InChI=1S/C14H20N2O3/c17-14(18)2-1-6-15-7-5-11-3-4-13-12(10-11)16-8-9-19-13/h3-4,10,15-16H,1-2,5-9H2,(H,17,18). The minimum absolute atomic E-state index is 0.229. The quantitative estimate of drug-likeness (QED) is 0.651. The molecule has 1 aromatic carbocycles. The van der Waals surface area contributed by atoms with Gasteiger partial charge in [-0.25, -0.2) is 0 Å². The molecule has 0 aliphatic carbocycles. The Hall–Kier alpha value is -1.75. The Morgan fingerprint density at radius 3 is 3.16 bits per heavy atom. The molecule has 5 nitrogen and oxygen atoms in total. The van der Waals surface area contributed by atoms with Crippen molar-refractivity contribution in [1.82, 2.24) is 5.32 Å². The molecule has 0 amide bonds. The van der Waals surface area contributed by atoms with Crippen molar-refractivity contribution >= 4 is 11.7 Å². The molecule has 0 aromatic heterocycles. The van der Waals surface area contributed by atoms with E-state index >= 15 is 0 Å². The minimum Gasteiger partial charge on any atom is -0.490 e. The molecule has 0 saturated carbocycles. The number of benzene rings is 1. The predicted molar refractivity (Wildman–Crippen MR) is 73.9 cm³/mol. The lowest BCUT2D eigenvalue weighted by molar-refractivity contribution is -0.137. The van der Waals surface area contributed by atoms with Crippen LogP contribution in [-0.2, 0) is 11.2 Å². The van der Waals surface area contributed by atoms with Crippen molar-refractivity contribution in [2.45, 2.75) is 19.3 Å². The molecule has 1 aromatic rings. The van der Waals surface area contributed by atoms with Crippen molar-refractivity contribution in [3.63, 3.8) is 0 Å². The predicted octanol–water partition coefficient (Wildman–Crippen LogP) is 1.49. The lowest BCUT2D eigenvalue weighted by Crippen LogP contribution is -2.20. The van der Waals surface area contributed by atoms with Crippen LogP contribution in [0.4, 0.5) is 5.69 Å². The topological polar surface area (TPSA) is 70.6 Å². The Bertz CT molecular complexity index is 435. The molecule has 0 fully saturated rings. The molecule has 2 rings (SSSR count). The number of carbonyl (C=O) groups is 1. The van der Waals surface area contributed by atoms with E-state index in [0.29, 0.717) is 6.42 Å². The third-order valence-electron chi connectivity index (χ3n) is 3.05. The molecule has 0 unspecified atom stereocenters. The number of aliphatic carboxylic acids is 1. The number of carboxylic acid groups (broad SMARTS) is 1. The van der Waals surface area contributed by atoms with Gasteiger partial charge in [-0.1, -0.05) is 6.07 Å². The first kappa shape index (κ1) is 13.7. The summed E-state index contributed by atoms with van der Waals surface area (Å²) in [5.74, 6) is 0.187. The second kappa shape index (κ2) is 6.99. The molecule has 1 aliphatic rings. The van der Waals surface area contributed by atoms with Crippen LogP contribution in [0.2, 0.25) is 0 Å². The summed E-state index contributed by atoms with van der Waals surface area (Å²) in [4.78, 5) is 10.3. The average Bonchev–Trinajstić information content (AvgIpc) is 2.42. The molecule has 0 spiro atoms. The maximum Gasteiger partial charge on any atom is 0.303 e. The van der Waals surface area contributed by atoms with Crippen LogP contribution in [-0.4, -0.2) is 37.3 Å². The maximum absolute atomic E-state index is 10.3. The highest BCUT2D eigenvalue weighted by molar-refractivity contribution is 5.66. The fourth-order valence-electron chi connectivity index (χ4n) is 2.07. The molecule has 1 heterocycles. The van der Waals surface area contributed by atoms with Gasteiger partial charge in [0.25, 0.3) is 0 Å². The van der Waals surface area contributed by atoms with Gasteiger partial charge in [0.1, 0.15) is 12.4 Å². The Morgan fingerprint density at radius 1 is 1.42 bits per heavy atom. The molecular weight excluding hydrogens is 244 g/mol. The van der Waals surface area contributed by atoms with Crippen LogP contribution in [0.5, 0.6) is 5.75 Å². The van der Waals surface area contributed by atoms with E-state index in [2.05, 4.69) is 22.8 Å². The summed E-state index contributed by atoms with van der Waals surface area (Å²) in [5, 5.41) is 15.1. The number of ether oxygens (including phenoxy) is 1. The second-order valence-corrected chi connectivity index (χ2v) is 4.60. The highest BCUT2D eigenvalue weighted by Crippen LogP contribution is 2.27. The summed E-state index contributed by atoms with van der Waals surface area (Å²) < 4.78 is 5.52. The second-order valence-electron chi connectivity index (χ2n) is 4.60. The number of fused-ring (bicyclic) bond motifs is 1. The molecule has 5 heteroatoms. The van der Waals surface area contributed by atoms with Crippen LogP contribution in [0.15, 0.2) is 18.2 Å². The molecular formula is C14H20N2O3. The summed E-state index contributed by atoms with van der Waals surface area (Å²) in [6.45, 7) is 3.18. The Balaban J connectivity index is 1.70. The first-order chi connectivity index (χ1) is 9.25. The van der Waals surface area contributed by atoms with Gasteiger partial charge in [0, 0.05) is 13.0 Å². The SMILES string of the molecule is O=C(O)CCCNCCc1ccc2c(c1)NCCO2. The smallest absolute Gasteiger partial charge is 0.303 e. The van der Waals surface area contributed by atoms with E-state index in [9.17, 15) is 4.79 Å². The average molecular weight is 264 g/mol. The van der Waals surface area contributed by atoms with Crippen LogP contribution in [0, 0.1) is 0 Å². The minimum atomic E-state index is -0.734. The number of rotatable bonds is 7. The van der Waals surface area contributed by atoms with Crippen LogP contribution in [0.25, 0.3) is 0 Å². The highest BCUT2D eigenvalue weighted by Gasteiger charge is 2.09. The molecule has 0 saturated heterocycles. The molecule has 19 heavy (non-hydrogen) atoms. The molecule has 0 radical (unpaired) electrons. The summed E-state index contributed by atoms with van der Waals surface area (Å²) in [6.07, 6.45) is 1.84. The summed E-state index contributed by atoms with van der Waals surface area (Å²) >= 11 is 0. The van der Waals surface area contributed by atoms with Gasteiger partial charge in [0.15, 0.2) is 0 Å². The van der Waals surface area contributed by atoms with Crippen LogP contribution < -0.4 is 15.4 Å². The van der Waals surface area contributed by atoms with Crippen molar-refractivity contribution in [2.75, 3.05) is 31.6 Å². The number of hydrogen-bond donors (Lipinski definition) is 3. The van der Waals surface area contributed by atoms with Gasteiger partial charge in [0.05, 0.1) is 5.69 Å². The van der Waals surface area contributed by atoms with Gasteiger partial charge in [0.2, 0.25) is 0 Å². The van der Waals surface area contributed by atoms with E-state index in [1.165, 1.54) is 5.56 Å². The van der Waals surface area contributed by atoms with Gasteiger partial charge in [-0.3, -0.25) is 4.79 Å². The van der Waals surface area contributed by atoms with Crippen LogP contribution in [0.3, 0.4) is 0 Å². The van der Waals surface area contributed by atoms with Crippen molar-refractivity contribution < 1.29 is 14.6 Å². The number of nitrogens with one attached hydrogen (secondary N) is 2. The van der Waals surface area contributed by atoms with Crippen LogP contribution in [0.1, 0.15) is 18.4 Å². The third kappa shape index (κ3) is 4.44. The van der Waals surface area contributed by atoms with E-state index in [4.69, 9.17) is 9.84 Å². The fourth-order valence-corrected chi connectivity index (χ4v) is 2.07. The van der Waals surface area contributed by atoms with Crippen molar-refractivity contribution in [3.8, 4) is 5.75 Å². The highest BCUT2D eigenvalue weighted by atomic mass is 16.5. The van der Waals surface area contributed by atoms with Crippen molar-refractivity contribution in [3.05, 3.63) is 23.8 Å². The monoisotopic (exact) mass is 264 g/mol. The largest absolute Gasteiger partial charge is 0.490 e. The Morgan fingerprint density at radius 2 is 2.32 bits per heavy atom. The van der Waals surface area contributed by atoms with Gasteiger partial charge >= 0.3 is 5.97 Å². The lowest BCUT2D eigenvalue weighted by Gasteiger charge is -2.19. The van der Waals surface area contributed by atoms with Gasteiger partial charge in [-0.2, -0.15) is 0 Å². The summed E-state index contributed by atoms with van der Waals surface area (Å²) in [6, 6.07) is 6.19. The van der Waals surface area contributed by atoms with Crippen molar-refractivity contribution in [2.24, 2.45) is 0 Å². The van der Waals surface area contributed by atoms with Gasteiger partial charge in [-0.15, -0.1) is 0 Å². The van der Waals surface area contributed by atoms with Gasteiger partial charge < -0.3 is 20.5 Å².